The van der Waals surface area contributed by atoms with E-state index in [1.165, 1.54) is 6.21 Å². The quantitative estimate of drug-likeness (QED) is 0.668. The Labute approximate surface area is 138 Å². The zero-order chi connectivity index (χ0) is 15.9. The molecular weight excluding hydrogens is 323 g/mol. The van der Waals surface area contributed by atoms with Crippen molar-refractivity contribution < 1.29 is 9.53 Å². The SMILES string of the molecule is COc1ccc(CC(=O)NN=Cc2ccc(Cl)cc2Cl)cc1. The topological polar surface area (TPSA) is 50.7 Å². The van der Waals surface area contributed by atoms with Crippen LogP contribution in [0, 0.1) is 0 Å². The maximum atomic E-state index is 11.8. The van der Waals surface area contributed by atoms with Gasteiger partial charge in [0.05, 0.1) is 24.8 Å². The molecule has 4 nitrogen and oxygen atoms in total. The second-order valence-corrected chi connectivity index (χ2v) is 5.33. The number of nitrogens with one attached hydrogen (secondary N) is 1. The van der Waals surface area contributed by atoms with Crippen LogP contribution in [0.4, 0.5) is 0 Å². The highest BCUT2D eigenvalue weighted by Crippen LogP contribution is 2.19. The Hall–Kier alpha value is -2.04. The highest BCUT2D eigenvalue weighted by molar-refractivity contribution is 6.36. The van der Waals surface area contributed by atoms with E-state index in [0.717, 1.165) is 11.3 Å². The molecule has 114 valence electrons. The summed E-state index contributed by atoms with van der Waals surface area (Å²) in [5, 5.41) is 4.90. The minimum Gasteiger partial charge on any atom is -0.497 e. The number of carbonyl (C=O) groups is 1. The number of hydrogen-bond donors (Lipinski definition) is 1. The van der Waals surface area contributed by atoms with Crippen molar-refractivity contribution in [2.75, 3.05) is 7.11 Å². The molecule has 1 N–H and O–H groups in total. The molecule has 0 fully saturated rings. The number of rotatable bonds is 5. The van der Waals surface area contributed by atoms with Crippen LogP contribution in [0.2, 0.25) is 10.0 Å². The lowest BCUT2D eigenvalue weighted by atomic mass is 10.1. The molecule has 2 rings (SSSR count). The molecule has 0 unspecified atom stereocenters. The predicted octanol–water partition coefficient (Wildman–Crippen LogP) is 3.69. The molecule has 1 amide bonds. The Balaban J connectivity index is 1.90. The van der Waals surface area contributed by atoms with Gasteiger partial charge >= 0.3 is 0 Å². The monoisotopic (exact) mass is 336 g/mol. The van der Waals surface area contributed by atoms with Crippen LogP contribution in [-0.4, -0.2) is 19.2 Å². The van der Waals surface area contributed by atoms with Gasteiger partial charge in [0.15, 0.2) is 0 Å². The van der Waals surface area contributed by atoms with Crippen LogP contribution in [0.1, 0.15) is 11.1 Å². The van der Waals surface area contributed by atoms with Crippen LogP contribution >= 0.6 is 23.2 Å². The number of amides is 1. The van der Waals surface area contributed by atoms with Gasteiger partial charge in [-0.25, -0.2) is 5.43 Å². The van der Waals surface area contributed by atoms with E-state index in [1.807, 2.05) is 12.1 Å². The van der Waals surface area contributed by atoms with Gasteiger partial charge in [0.2, 0.25) is 5.91 Å². The number of hydrogen-bond acceptors (Lipinski definition) is 3. The predicted molar refractivity (Wildman–Crippen MR) is 88.9 cm³/mol. The molecule has 0 saturated carbocycles. The maximum Gasteiger partial charge on any atom is 0.244 e. The molecule has 0 bridgehead atoms. The largest absolute Gasteiger partial charge is 0.497 e. The zero-order valence-corrected chi connectivity index (χ0v) is 13.4. The molecule has 0 aromatic heterocycles. The first-order valence-corrected chi connectivity index (χ1v) is 7.24. The molecule has 2 aromatic carbocycles. The van der Waals surface area contributed by atoms with Crippen molar-refractivity contribution in [1.82, 2.24) is 5.43 Å². The van der Waals surface area contributed by atoms with Crippen LogP contribution in [-0.2, 0) is 11.2 Å². The Morgan fingerprint density at radius 1 is 1.23 bits per heavy atom. The Morgan fingerprint density at radius 3 is 2.59 bits per heavy atom. The first-order valence-electron chi connectivity index (χ1n) is 6.48. The van der Waals surface area contributed by atoms with Crippen molar-refractivity contribution in [1.29, 1.82) is 0 Å². The molecule has 0 aliphatic heterocycles. The smallest absolute Gasteiger partial charge is 0.244 e. The average Bonchev–Trinajstić information content (AvgIpc) is 2.50. The number of benzene rings is 2. The lowest BCUT2D eigenvalue weighted by Crippen LogP contribution is -2.19. The molecule has 0 aliphatic rings. The number of hydrazone groups is 1. The first kappa shape index (κ1) is 16.3. The molecule has 0 atom stereocenters. The third-order valence-electron chi connectivity index (χ3n) is 2.88. The Morgan fingerprint density at radius 2 is 1.95 bits per heavy atom. The molecule has 6 heteroatoms. The molecule has 2 aromatic rings. The number of ether oxygens (including phenoxy) is 1. The second-order valence-electron chi connectivity index (χ2n) is 4.48. The van der Waals surface area contributed by atoms with E-state index in [4.69, 9.17) is 27.9 Å². The van der Waals surface area contributed by atoms with Gasteiger partial charge in [-0.2, -0.15) is 5.10 Å². The fourth-order valence-corrected chi connectivity index (χ4v) is 2.21. The van der Waals surface area contributed by atoms with Crippen LogP contribution in [0.3, 0.4) is 0 Å². The van der Waals surface area contributed by atoms with E-state index < -0.39 is 0 Å². The lowest BCUT2D eigenvalue weighted by molar-refractivity contribution is -0.120. The number of carbonyl (C=O) groups excluding carboxylic acids is 1. The molecule has 0 radical (unpaired) electrons. The molecule has 0 aliphatic carbocycles. The average molecular weight is 337 g/mol. The zero-order valence-electron chi connectivity index (χ0n) is 11.8. The number of halogens is 2. The summed E-state index contributed by atoms with van der Waals surface area (Å²) in [6.07, 6.45) is 1.71. The van der Waals surface area contributed by atoms with Gasteiger partial charge in [0.25, 0.3) is 0 Å². The lowest BCUT2D eigenvalue weighted by Gasteiger charge is -2.03. The molecule has 22 heavy (non-hydrogen) atoms. The van der Waals surface area contributed by atoms with Gasteiger partial charge in [0.1, 0.15) is 5.75 Å². The summed E-state index contributed by atoms with van der Waals surface area (Å²) in [4.78, 5) is 11.8. The second kappa shape index (κ2) is 7.82. The van der Waals surface area contributed by atoms with E-state index in [-0.39, 0.29) is 12.3 Å². The van der Waals surface area contributed by atoms with Crippen molar-refractivity contribution in [2.45, 2.75) is 6.42 Å². The fraction of sp³-hybridized carbons (Fsp3) is 0.125. The summed E-state index contributed by atoms with van der Waals surface area (Å²) in [6, 6.07) is 12.3. The van der Waals surface area contributed by atoms with E-state index >= 15 is 0 Å². The summed E-state index contributed by atoms with van der Waals surface area (Å²) >= 11 is 11.8. The standard InChI is InChI=1S/C16H14Cl2N2O2/c1-22-14-6-2-11(3-7-14)8-16(21)20-19-10-12-4-5-13(17)9-15(12)18/h2-7,9-10H,8H2,1H3,(H,20,21). The fourth-order valence-electron chi connectivity index (χ4n) is 1.75. The van der Waals surface area contributed by atoms with Gasteiger partial charge in [0, 0.05) is 10.6 Å². The van der Waals surface area contributed by atoms with Crippen molar-refractivity contribution >= 4 is 35.3 Å². The molecule has 0 saturated heterocycles. The summed E-state index contributed by atoms with van der Waals surface area (Å²) < 4.78 is 5.06. The first-order chi connectivity index (χ1) is 10.6. The summed E-state index contributed by atoms with van der Waals surface area (Å²) in [6.45, 7) is 0. The van der Waals surface area contributed by atoms with Crippen LogP contribution in [0.5, 0.6) is 5.75 Å². The van der Waals surface area contributed by atoms with Crippen molar-refractivity contribution in [3.05, 3.63) is 63.6 Å². The molecular formula is C16H14Cl2N2O2. The summed E-state index contributed by atoms with van der Waals surface area (Å²) in [5.41, 5.74) is 4.01. The van der Waals surface area contributed by atoms with Crippen molar-refractivity contribution in [3.8, 4) is 5.75 Å². The van der Waals surface area contributed by atoms with Crippen LogP contribution in [0.25, 0.3) is 0 Å². The highest BCUT2D eigenvalue weighted by Gasteiger charge is 2.03. The van der Waals surface area contributed by atoms with Gasteiger partial charge in [-0.1, -0.05) is 41.4 Å². The molecule has 0 heterocycles. The van der Waals surface area contributed by atoms with E-state index in [2.05, 4.69) is 10.5 Å². The molecule has 0 spiro atoms. The van der Waals surface area contributed by atoms with Gasteiger partial charge < -0.3 is 4.74 Å². The van der Waals surface area contributed by atoms with Crippen molar-refractivity contribution in [3.63, 3.8) is 0 Å². The summed E-state index contributed by atoms with van der Waals surface area (Å²) in [5.74, 6) is 0.533. The van der Waals surface area contributed by atoms with E-state index in [0.29, 0.717) is 15.6 Å². The number of methoxy groups -OCH3 is 1. The Bertz CT molecular complexity index is 685. The van der Waals surface area contributed by atoms with Gasteiger partial charge in [-0.3, -0.25) is 4.79 Å². The van der Waals surface area contributed by atoms with E-state index in [9.17, 15) is 4.79 Å². The minimum absolute atomic E-state index is 0.216. The van der Waals surface area contributed by atoms with Crippen LogP contribution < -0.4 is 10.2 Å². The highest BCUT2D eigenvalue weighted by atomic mass is 35.5. The summed E-state index contributed by atoms with van der Waals surface area (Å²) in [7, 11) is 1.60. The number of nitrogens with zero attached hydrogens (tertiary/aromatic N) is 1. The van der Waals surface area contributed by atoms with Gasteiger partial charge in [-0.05, 0) is 29.8 Å². The van der Waals surface area contributed by atoms with Gasteiger partial charge in [-0.15, -0.1) is 0 Å². The third kappa shape index (κ3) is 4.76. The maximum absolute atomic E-state index is 11.8. The van der Waals surface area contributed by atoms with Crippen LogP contribution in [0.15, 0.2) is 47.6 Å². The Kier molecular flexibility index (Phi) is 5.81. The van der Waals surface area contributed by atoms with E-state index in [1.54, 1.807) is 37.4 Å². The normalized spacial score (nSPS) is 10.7. The minimum atomic E-state index is -0.216. The third-order valence-corrected chi connectivity index (χ3v) is 3.44. The van der Waals surface area contributed by atoms with Crippen molar-refractivity contribution in [2.24, 2.45) is 5.10 Å².